The topological polar surface area (TPSA) is 43.7 Å². The summed E-state index contributed by atoms with van der Waals surface area (Å²) in [5.74, 6) is 0.236. The first-order chi connectivity index (χ1) is 8.97. The molecule has 2 rings (SSSR count). The molecule has 1 aliphatic rings. The lowest BCUT2D eigenvalue weighted by atomic mass is 9.92. The van der Waals surface area contributed by atoms with Gasteiger partial charge in [-0.25, -0.2) is 0 Å². The van der Waals surface area contributed by atoms with Crippen molar-refractivity contribution < 1.29 is 10.2 Å². The van der Waals surface area contributed by atoms with Gasteiger partial charge in [-0.1, -0.05) is 0 Å². The van der Waals surface area contributed by atoms with Gasteiger partial charge < -0.3 is 10.2 Å². The second-order valence-corrected chi connectivity index (χ2v) is 7.01. The maximum absolute atomic E-state index is 9.74. The van der Waals surface area contributed by atoms with Crippen molar-refractivity contribution in [2.24, 2.45) is 0 Å². The summed E-state index contributed by atoms with van der Waals surface area (Å²) in [7, 11) is 2.09. The van der Waals surface area contributed by atoms with Crippen molar-refractivity contribution in [3.63, 3.8) is 0 Å². The van der Waals surface area contributed by atoms with Crippen molar-refractivity contribution in [2.75, 3.05) is 7.05 Å². The van der Waals surface area contributed by atoms with Crippen LogP contribution < -0.4 is 0 Å². The lowest BCUT2D eigenvalue weighted by Crippen LogP contribution is -2.37. The highest BCUT2D eigenvalue weighted by Gasteiger charge is 2.23. The van der Waals surface area contributed by atoms with E-state index in [4.69, 9.17) is 0 Å². The molecule has 0 radical (unpaired) electrons. The number of nitrogens with zero attached hydrogens (tertiary/aromatic N) is 1. The summed E-state index contributed by atoms with van der Waals surface area (Å²) in [5.41, 5.74) is 1.14. The van der Waals surface area contributed by atoms with Crippen molar-refractivity contribution in [2.45, 2.75) is 44.4 Å². The number of phenols is 1. The third-order valence-electron chi connectivity index (χ3n) is 3.75. The standard InChI is InChI=1S/C14H19Br2NO2/c1-17(10-3-2-4-11(18)7-10)8-9-5-12(15)14(19)13(16)6-9/h5-6,10-11,18-19H,2-4,7-8H2,1H3/t10-,11+/m1/s1. The van der Waals surface area contributed by atoms with Gasteiger partial charge in [0.1, 0.15) is 5.75 Å². The minimum absolute atomic E-state index is 0.153. The fraction of sp³-hybridized carbons (Fsp3) is 0.571. The van der Waals surface area contributed by atoms with Gasteiger partial charge in [-0.05, 0) is 82.3 Å². The van der Waals surface area contributed by atoms with Crippen LogP contribution >= 0.6 is 31.9 Å². The molecule has 0 aromatic heterocycles. The van der Waals surface area contributed by atoms with E-state index in [0.717, 1.165) is 37.8 Å². The van der Waals surface area contributed by atoms with Gasteiger partial charge in [-0.2, -0.15) is 0 Å². The van der Waals surface area contributed by atoms with E-state index in [0.29, 0.717) is 15.0 Å². The predicted octanol–water partition coefficient (Wildman–Crippen LogP) is 3.65. The van der Waals surface area contributed by atoms with Crippen molar-refractivity contribution >= 4 is 31.9 Å². The van der Waals surface area contributed by atoms with Crippen LogP contribution in [0.4, 0.5) is 0 Å². The molecule has 0 spiro atoms. The van der Waals surface area contributed by atoms with E-state index in [1.807, 2.05) is 12.1 Å². The van der Waals surface area contributed by atoms with Gasteiger partial charge >= 0.3 is 0 Å². The molecule has 0 unspecified atom stereocenters. The molecule has 3 nitrogen and oxygen atoms in total. The molecule has 0 aliphatic heterocycles. The van der Waals surface area contributed by atoms with Gasteiger partial charge in [0.2, 0.25) is 0 Å². The summed E-state index contributed by atoms with van der Waals surface area (Å²) in [6.45, 7) is 0.814. The van der Waals surface area contributed by atoms with Crippen LogP contribution in [-0.4, -0.2) is 34.3 Å². The summed E-state index contributed by atoms with van der Waals surface area (Å²) >= 11 is 6.71. The Kier molecular flexibility index (Phi) is 5.29. The average molecular weight is 393 g/mol. The number of hydrogen-bond donors (Lipinski definition) is 2. The van der Waals surface area contributed by atoms with Gasteiger partial charge in [-0.3, -0.25) is 4.90 Å². The van der Waals surface area contributed by atoms with Crippen LogP contribution in [0.5, 0.6) is 5.75 Å². The molecule has 1 aromatic rings. The lowest BCUT2D eigenvalue weighted by molar-refractivity contribution is 0.0700. The van der Waals surface area contributed by atoms with E-state index in [9.17, 15) is 10.2 Å². The Balaban J connectivity index is 2.04. The number of halogens is 2. The zero-order valence-electron chi connectivity index (χ0n) is 10.9. The van der Waals surface area contributed by atoms with Crippen LogP contribution in [-0.2, 0) is 6.54 Å². The number of aromatic hydroxyl groups is 1. The molecule has 1 saturated carbocycles. The number of phenolic OH excluding ortho intramolecular Hbond substituents is 1. The van der Waals surface area contributed by atoms with Gasteiger partial charge in [0, 0.05) is 12.6 Å². The summed E-state index contributed by atoms with van der Waals surface area (Å²) in [6.07, 6.45) is 3.88. The van der Waals surface area contributed by atoms with Crippen LogP contribution in [0, 0.1) is 0 Å². The largest absolute Gasteiger partial charge is 0.506 e. The first-order valence-corrected chi connectivity index (χ1v) is 8.11. The summed E-state index contributed by atoms with van der Waals surface area (Å²) in [5, 5.41) is 19.5. The number of hydrogen-bond acceptors (Lipinski definition) is 3. The van der Waals surface area contributed by atoms with E-state index < -0.39 is 0 Å². The van der Waals surface area contributed by atoms with Crippen molar-refractivity contribution in [1.82, 2.24) is 4.90 Å². The Morgan fingerprint density at radius 1 is 1.26 bits per heavy atom. The smallest absolute Gasteiger partial charge is 0.143 e. The monoisotopic (exact) mass is 391 g/mol. The Bertz CT molecular complexity index is 430. The molecule has 1 aromatic carbocycles. The number of aliphatic hydroxyl groups excluding tert-OH is 1. The minimum atomic E-state index is -0.153. The molecule has 106 valence electrons. The Hall–Kier alpha value is -0.100. The van der Waals surface area contributed by atoms with Crippen molar-refractivity contribution in [1.29, 1.82) is 0 Å². The quantitative estimate of drug-likeness (QED) is 0.824. The molecule has 2 atom stereocenters. The van der Waals surface area contributed by atoms with E-state index in [1.165, 1.54) is 0 Å². The summed E-state index contributed by atoms with van der Waals surface area (Å²) in [6, 6.07) is 4.32. The Morgan fingerprint density at radius 2 is 1.89 bits per heavy atom. The summed E-state index contributed by atoms with van der Waals surface area (Å²) < 4.78 is 1.41. The zero-order chi connectivity index (χ0) is 14.0. The number of rotatable bonds is 3. The highest BCUT2D eigenvalue weighted by Crippen LogP contribution is 2.34. The lowest BCUT2D eigenvalue weighted by Gasteiger charge is -2.33. The van der Waals surface area contributed by atoms with E-state index in [1.54, 1.807) is 0 Å². The third-order valence-corrected chi connectivity index (χ3v) is 4.96. The second-order valence-electron chi connectivity index (χ2n) is 5.30. The molecule has 5 heteroatoms. The van der Waals surface area contributed by atoms with Crippen LogP contribution in [0.1, 0.15) is 31.2 Å². The van der Waals surface area contributed by atoms with Gasteiger partial charge in [0.05, 0.1) is 15.0 Å². The van der Waals surface area contributed by atoms with Crippen LogP contribution in [0.15, 0.2) is 21.1 Å². The number of benzene rings is 1. The number of aliphatic hydroxyl groups is 1. The fourth-order valence-corrected chi connectivity index (χ4v) is 3.95. The molecule has 2 N–H and O–H groups in total. The van der Waals surface area contributed by atoms with E-state index in [2.05, 4.69) is 43.8 Å². The van der Waals surface area contributed by atoms with Crippen LogP contribution in [0.3, 0.4) is 0 Å². The molecule has 0 amide bonds. The highest BCUT2D eigenvalue weighted by atomic mass is 79.9. The first-order valence-electron chi connectivity index (χ1n) is 6.52. The fourth-order valence-electron chi connectivity index (χ4n) is 2.67. The third kappa shape index (κ3) is 3.94. The first kappa shape index (κ1) is 15.3. The molecule has 0 heterocycles. The maximum atomic E-state index is 9.74. The molecule has 19 heavy (non-hydrogen) atoms. The van der Waals surface area contributed by atoms with Crippen molar-refractivity contribution in [3.05, 3.63) is 26.6 Å². The molecule has 0 bridgehead atoms. The molecule has 1 fully saturated rings. The van der Waals surface area contributed by atoms with Crippen LogP contribution in [0.25, 0.3) is 0 Å². The zero-order valence-corrected chi connectivity index (χ0v) is 14.1. The average Bonchev–Trinajstić information content (AvgIpc) is 2.36. The van der Waals surface area contributed by atoms with Gasteiger partial charge in [0.25, 0.3) is 0 Å². The van der Waals surface area contributed by atoms with E-state index in [-0.39, 0.29) is 11.9 Å². The maximum Gasteiger partial charge on any atom is 0.143 e. The minimum Gasteiger partial charge on any atom is -0.506 e. The Labute approximate surface area is 130 Å². The predicted molar refractivity (Wildman–Crippen MR) is 83.2 cm³/mol. The van der Waals surface area contributed by atoms with Crippen LogP contribution in [0.2, 0.25) is 0 Å². The molecular weight excluding hydrogens is 374 g/mol. The SMILES string of the molecule is CN(Cc1cc(Br)c(O)c(Br)c1)[C@@H]1CCC[C@H](O)C1. The normalized spacial score (nSPS) is 23.8. The second kappa shape index (κ2) is 6.57. The van der Waals surface area contributed by atoms with Crippen molar-refractivity contribution in [3.8, 4) is 5.75 Å². The van der Waals surface area contributed by atoms with Gasteiger partial charge in [-0.15, -0.1) is 0 Å². The molecule has 0 saturated heterocycles. The Morgan fingerprint density at radius 3 is 2.47 bits per heavy atom. The molecular formula is C14H19Br2NO2. The van der Waals surface area contributed by atoms with E-state index >= 15 is 0 Å². The van der Waals surface area contributed by atoms with Gasteiger partial charge in [0.15, 0.2) is 0 Å². The molecule has 1 aliphatic carbocycles. The highest BCUT2D eigenvalue weighted by molar-refractivity contribution is 9.11. The summed E-state index contributed by atoms with van der Waals surface area (Å²) in [4.78, 5) is 2.29.